The summed E-state index contributed by atoms with van der Waals surface area (Å²) in [5.74, 6) is -0.974. The minimum Gasteiger partial charge on any atom is -0.457 e. The van der Waals surface area contributed by atoms with E-state index in [-0.39, 0.29) is 17.6 Å². The third-order valence-corrected chi connectivity index (χ3v) is 2.36. The van der Waals surface area contributed by atoms with Crippen LogP contribution in [-0.4, -0.2) is 12.1 Å². The van der Waals surface area contributed by atoms with Gasteiger partial charge in [-0.3, -0.25) is 4.79 Å². The van der Waals surface area contributed by atoms with Crippen LogP contribution in [0.5, 0.6) is 0 Å². The van der Waals surface area contributed by atoms with E-state index in [1.54, 1.807) is 38.1 Å². The highest BCUT2D eigenvalue weighted by molar-refractivity contribution is 5.95. The van der Waals surface area contributed by atoms with E-state index in [0.29, 0.717) is 11.0 Å². The fourth-order valence-corrected chi connectivity index (χ4v) is 1.58. The van der Waals surface area contributed by atoms with E-state index in [0.717, 1.165) is 0 Å². The van der Waals surface area contributed by atoms with Crippen molar-refractivity contribution in [3.8, 4) is 0 Å². The number of fused-ring (bicyclic) bond motifs is 1. The predicted molar refractivity (Wildman–Crippen MR) is 67.4 cm³/mol. The summed E-state index contributed by atoms with van der Waals surface area (Å²) < 4.78 is 10.3. The largest absolute Gasteiger partial charge is 0.457 e. The van der Waals surface area contributed by atoms with Crippen LogP contribution < -0.4 is 11.2 Å². The highest BCUT2D eigenvalue weighted by Crippen LogP contribution is 2.18. The van der Waals surface area contributed by atoms with Gasteiger partial charge >= 0.3 is 5.97 Å². The van der Waals surface area contributed by atoms with E-state index in [2.05, 4.69) is 0 Å². The molecule has 0 unspecified atom stereocenters. The predicted octanol–water partition coefficient (Wildman–Crippen LogP) is 1.94. The summed E-state index contributed by atoms with van der Waals surface area (Å²) in [5, 5.41) is 0.344. The first kappa shape index (κ1) is 12.2. The molecule has 0 fully saturated rings. The van der Waals surface area contributed by atoms with Crippen molar-refractivity contribution in [2.24, 2.45) is 0 Å². The number of benzene rings is 1. The average molecular weight is 247 g/mol. The standard InChI is InChI=1S/C13H13NO4/c1-7(2)17-13(16)12-10(14)11(15)8-5-3-4-6-9(8)18-12/h3-7H,14H2,1-2H3. The van der Waals surface area contributed by atoms with E-state index >= 15 is 0 Å². The third-order valence-electron chi connectivity index (χ3n) is 2.36. The fourth-order valence-electron chi connectivity index (χ4n) is 1.58. The number of esters is 1. The summed E-state index contributed by atoms with van der Waals surface area (Å²) in [6.07, 6.45) is -0.311. The first-order valence-corrected chi connectivity index (χ1v) is 5.53. The molecule has 0 spiro atoms. The molecule has 1 aromatic carbocycles. The lowest BCUT2D eigenvalue weighted by Crippen LogP contribution is -2.18. The van der Waals surface area contributed by atoms with Crippen LogP contribution in [0.3, 0.4) is 0 Å². The van der Waals surface area contributed by atoms with Gasteiger partial charge in [0.1, 0.15) is 11.3 Å². The Morgan fingerprint density at radius 3 is 2.67 bits per heavy atom. The van der Waals surface area contributed by atoms with Gasteiger partial charge < -0.3 is 14.9 Å². The minimum absolute atomic E-state index is 0.223. The van der Waals surface area contributed by atoms with Crippen LogP contribution in [0, 0.1) is 0 Å². The molecule has 0 aliphatic heterocycles. The second kappa shape index (κ2) is 4.52. The highest BCUT2D eigenvalue weighted by atomic mass is 16.6. The molecule has 94 valence electrons. The normalized spacial score (nSPS) is 10.8. The quantitative estimate of drug-likeness (QED) is 0.820. The molecule has 0 saturated carbocycles. The maximum Gasteiger partial charge on any atom is 0.376 e. The minimum atomic E-state index is -0.731. The number of para-hydroxylation sites is 1. The second-order valence-corrected chi connectivity index (χ2v) is 4.12. The summed E-state index contributed by atoms with van der Waals surface area (Å²) in [5.41, 5.74) is 5.28. The van der Waals surface area contributed by atoms with Gasteiger partial charge in [-0.05, 0) is 26.0 Å². The van der Waals surface area contributed by atoms with E-state index in [1.165, 1.54) is 0 Å². The van der Waals surface area contributed by atoms with Crippen molar-refractivity contribution in [1.82, 2.24) is 0 Å². The van der Waals surface area contributed by atoms with Gasteiger partial charge in [-0.15, -0.1) is 0 Å². The van der Waals surface area contributed by atoms with Crippen LogP contribution in [0.2, 0.25) is 0 Å². The first-order valence-electron chi connectivity index (χ1n) is 5.53. The summed E-state index contributed by atoms with van der Waals surface area (Å²) >= 11 is 0. The molecule has 2 rings (SSSR count). The zero-order valence-corrected chi connectivity index (χ0v) is 10.1. The Hall–Kier alpha value is -2.30. The number of hydrogen-bond donors (Lipinski definition) is 1. The van der Waals surface area contributed by atoms with Crippen molar-refractivity contribution in [3.05, 3.63) is 40.2 Å². The van der Waals surface area contributed by atoms with Crippen molar-refractivity contribution in [2.45, 2.75) is 20.0 Å². The Morgan fingerprint density at radius 1 is 1.33 bits per heavy atom. The molecule has 5 heteroatoms. The molecule has 0 aliphatic carbocycles. The zero-order valence-electron chi connectivity index (χ0n) is 10.1. The second-order valence-electron chi connectivity index (χ2n) is 4.12. The van der Waals surface area contributed by atoms with Gasteiger partial charge in [0.15, 0.2) is 0 Å². The Morgan fingerprint density at radius 2 is 2.00 bits per heavy atom. The number of anilines is 1. The Labute approximate surface area is 103 Å². The molecule has 0 bridgehead atoms. The van der Waals surface area contributed by atoms with Crippen LogP contribution in [-0.2, 0) is 4.74 Å². The third kappa shape index (κ3) is 2.07. The number of hydrogen-bond acceptors (Lipinski definition) is 5. The number of nitrogens with two attached hydrogens (primary N) is 1. The van der Waals surface area contributed by atoms with Crippen molar-refractivity contribution < 1.29 is 13.9 Å². The Kier molecular flexibility index (Phi) is 3.06. The lowest BCUT2D eigenvalue weighted by Gasteiger charge is -2.09. The smallest absolute Gasteiger partial charge is 0.376 e. The molecule has 0 saturated heterocycles. The molecule has 18 heavy (non-hydrogen) atoms. The molecule has 1 heterocycles. The highest BCUT2D eigenvalue weighted by Gasteiger charge is 2.20. The SMILES string of the molecule is CC(C)OC(=O)c1oc2ccccc2c(=O)c1N. The lowest BCUT2D eigenvalue weighted by atomic mass is 10.2. The van der Waals surface area contributed by atoms with E-state index < -0.39 is 11.4 Å². The van der Waals surface area contributed by atoms with Crippen molar-refractivity contribution in [1.29, 1.82) is 0 Å². The lowest BCUT2D eigenvalue weighted by molar-refractivity contribution is 0.0344. The van der Waals surface area contributed by atoms with Crippen LogP contribution in [0.25, 0.3) is 11.0 Å². The van der Waals surface area contributed by atoms with Crippen molar-refractivity contribution in [2.75, 3.05) is 5.73 Å². The molecular weight excluding hydrogens is 234 g/mol. The number of rotatable bonds is 2. The summed E-state index contributed by atoms with van der Waals surface area (Å²) in [7, 11) is 0. The molecule has 0 aliphatic rings. The topological polar surface area (TPSA) is 82.5 Å². The summed E-state index contributed by atoms with van der Waals surface area (Å²) in [6.45, 7) is 3.40. The van der Waals surface area contributed by atoms with E-state index in [1.807, 2.05) is 0 Å². The maximum atomic E-state index is 11.9. The number of nitrogen functional groups attached to an aromatic ring is 1. The van der Waals surface area contributed by atoms with Crippen molar-refractivity contribution in [3.63, 3.8) is 0 Å². The van der Waals surface area contributed by atoms with E-state index in [4.69, 9.17) is 14.9 Å². The molecule has 0 radical (unpaired) electrons. The zero-order chi connectivity index (χ0) is 13.3. The average Bonchev–Trinajstić information content (AvgIpc) is 2.33. The van der Waals surface area contributed by atoms with E-state index in [9.17, 15) is 9.59 Å². The molecule has 5 nitrogen and oxygen atoms in total. The van der Waals surface area contributed by atoms with Gasteiger partial charge in [0.2, 0.25) is 11.2 Å². The fraction of sp³-hybridized carbons (Fsp3) is 0.231. The van der Waals surface area contributed by atoms with Gasteiger partial charge in [-0.2, -0.15) is 0 Å². The first-order chi connectivity index (χ1) is 8.50. The molecule has 2 aromatic rings. The van der Waals surface area contributed by atoms with Gasteiger partial charge in [-0.1, -0.05) is 12.1 Å². The maximum absolute atomic E-state index is 11.9. The number of ether oxygens (including phenoxy) is 1. The van der Waals surface area contributed by atoms with Gasteiger partial charge in [0, 0.05) is 0 Å². The summed E-state index contributed by atoms with van der Waals surface area (Å²) in [6, 6.07) is 6.60. The van der Waals surface area contributed by atoms with Crippen molar-refractivity contribution >= 4 is 22.6 Å². The summed E-state index contributed by atoms with van der Waals surface area (Å²) in [4.78, 5) is 23.7. The molecule has 2 N–H and O–H groups in total. The van der Waals surface area contributed by atoms with Crippen LogP contribution >= 0.6 is 0 Å². The Bertz CT molecular complexity index is 658. The van der Waals surface area contributed by atoms with Crippen LogP contribution in [0.4, 0.5) is 5.69 Å². The molecule has 1 aromatic heterocycles. The molecule has 0 amide bonds. The monoisotopic (exact) mass is 247 g/mol. The Balaban J connectivity index is 2.62. The van der Waals surface area contributed by atoms with Gasteiger partial charge in [-0.25, -0.2) is 4.79 Å². The number of carbonyl (C=O) groups is 1. The molecular formula is C13H13NO4. The van der Waals surface area contributed by atoms with Gasteiger partial charge in [0.25, 0.3) is 0 Å². The van der Waals surface area contributed by atoms with Gasteiger partial charge in [0.05, 0.1) is 11.5 Å². The number of carbonyl (C=O) groups excluding carboxylic acids is 1. The van der Waals surface area contributed by atoms with Crippen LogP contribution in [0.15, 0.2) is 33.5 Å². The molecule has 0 atom stereocenters. The van der Waals surface area contributed by atoms with Crippen LogP contribution in [0.1, 0.15) is 24.4 Å².